The van der Waals surface area contributed by atoms with E-state index in [4.69, 9.17) is 0 Å². The highest BCUT2D eigenvalue weighted by Crippen LogP contribution is 2.26. The van der Waals surface area contributed by atoms with Crippen molar-refractivity contribution in [3.05, 3.63) is 41.0 Å². The van der Waals surface area contributed by atoms with Crippen LogP contribution in [0.15, 0.2) is 29.8 Å². The molecule has 0 unspecified atom stereocenters. The summed E-state index contributed by atoms with van der Waals surface area (Å²) in [6.07, 6.45) is 7.78. The van der Waals surface area contributed by atoms with Crippen LogP contribution in [0, 0.1) is 6.92 Å². The number of benzene rings is 1. The van der Waals surface area contributed by atoms with Gasteiger partial charge in [-0.3, -0.25) is 0 Å². The van der Waals surface area contributed by atoms with E-state index in [-0.39, 0.29) is 0 Å². The van der Waals surface area contributed by atoms with E-state index >= 15 is 0 Å². The molecule has 0 heterocycles. The first-order valence-corrected chi connectivity index (χ1v) is 5.11. The van der Waals surface area contributed by atoms with Gasteiger partial charge >= 0.3 is 0 Å². The van der Waals surface area contributed by atoms with Gasteiger partial charge in [-0.2, -0.15) is 0 Å². The normalized spacial score (nSPS) is 16.2. The Bertz CT molecular complexity index is 313. The monoisotopic (exact) mass is 172 g/mol. The fourth-order valence-corrected chi connectivity index (χ4v) is 1.94. The maximum atomic E-state index is 2.38. The maximum absolute atomic E-state index is 2.38. The smallest absolute Gasteiger partial charge is 0.0228 e. The summed E-state index contributed by atoms with van der Waals surface area (Å²) in [7, 11) is 0. The Labute approximate surface area is 80.3 Å². The molecule has 0 N–H and O–H groups in total. The molecule has 0 atom stereocenters. The SMILES string of the molecule is Cc1ccccc1C=C1CCCC1. The van der Waals surface area contributed by atoms with E-state index in [0.717, 1.165) is 0 Å². The van der Waals surface area contributed by atoms with Crippen LogP contribution in [0.25, 0.3) is 6.08 Å². The lowest BCUT2D eigenvalue weighted by Crippen LogP contribution is -1.80. The molecule has 0 aliphatic heterocycles. The Balaban J connectivity index is 2.25. The van der Waals surface area contributed by atoms with E-state index in [2.05, 4.69) is 37.3 Å². The Hall–Kier alpha value is -1.04. The molecule has 0 bridgehead atoms. The lowest BCUT2D eigenvalue weighted by molar-refractivity contribution is 0.886. The molecule has 1 aliphatic rings. The number of aryl methyl sites for hydroxylation is 1. The van der Waals surface area contributed by atoms with Crippen molar-refractivity contribution in [2.45, 2.75) is 32.6 Å². The largest absolute Gasteiger partial charge is 0.0696 e. The van der Waals surface area contributed by atoms with Crippen LogP contribution in [0.2, 0.25) is 0 Å². The van der Waals surface area contributed by atoms with Crippen LogP contribution in [0.5, 0.6) is 0 Å². The molecule has 1 aromatic carbocycles. The summed E-state index contributed by atoms with van der Waals surface area (Å²) in [6, 6.07) is 8.61. The first-order valence-electron chi connectivity index (χ1n) is 5.11. The molecule has 1 aliphatic carbocycles. The van der Waals surface area contributed by atoms with Gasteiger partial charge in [-0.25, -0.2) is 0 Å². The Morgan fingerprint density at radius 1 is 1.08 bits per heavy atom. The first-order chi connectivity index (χ1) is 6.36. The molecule has 68 valence electrons. The van der Waals surface area contributed by atoms with Crippen molar-refractivity contribution in [2.24, 2.45) is 0 Å². The Morgan fingerprint density at radius 2 is 1.77 bits per heavy atom. The highest BCUT2D eigenvalue weighted by Gasteiger charge is 2.06. The van der Waals surface area contributed by atoms with Crippen molar-refractivity contribution in [2.75, 3.05) is 0 Å². The molecule has 13 heavy (non-hydrogen) atoms. The van der Waals surface area contributed by atoms with E-state index in [1.54, 1.807) is 5.57 Å². The molecule has 0 amide bonds. The van der Waals surface area contributed by atoms with Gasteiger partial charge in [0, 0.05) is 0 Å². The Morgan fingerprint density at radius 3 is 2.46 bits per heavy atom. The number of rotatable bonds is 1. The third kappa shape index (κ3) is 2.00. The van der Waals surface area contributed by atoms with Gasteiger partial charge in [0.2, 0.25) is 0 Å². The van der Waals surface area contributed by atoms with Crippen molar-refractivity contribution < 1.29 is 0 Å². The fourth-order valence-electron chi connectivity index (χ4n) is 1.94. The number of hydrogen-bond acceptors (Lipinski definition) is 0. The highest BCUT2D eigenvalue weighted by atomic mass is 14.1. The van der Waals surface area contributed by atoms with E-state index in [0.29, 0.717) is 0 Å². The van der Waals surface area contributed by atoms with Gasteiger partial charge in [0.25, 0.3) is 0 Å². The zero-order chi connectivity index (χ0) is 9.10. The van der Waals surface area contributed by atoms with Gasteiger partial charge in [0.05, 0.1) is 0 Å². The molecule has 2 rings (SSSR count). The van der Waals surface area contributed by atoms with Crippen molar-refractivity contribution in [1.29, 1.82) is 0 Å². The molecular weight excluding hydrogens is 156 g/mol. The molecule has 0 saturated heterocycles. The summed E-state index contributed by atoms with van der Waals surface area (Å²) in [6.45, 7) is 2.18. The van der Waals surface area contributed by atoms with Crippen LogP contribution in [0.4, 0.5) is 0 Å². The van der Waals surface area contributed by atoms with Crippen LogP contribution < -0.4 is 0 Å². The van der Waals surface area contributed by atoms with Gasteiger partial charge in [-0.05, 0) is 43.7 Å². The lowest BCUT2D eigenvalue weighted by Gasteiger charge is -2.00. The maximum Gasteiger partial charge on any atom is -0.0228 e. The highest BCUT2D eigenvalue weighted by molar-refractivity contribution is 5.56. The standard InChI is InChI=1S/C13H16/c1-11-6-2-5-9-13(11)10-12-7-3-4-8-12/h2,5-6,9-10H,3-4,7-8H2,1H3. The Kier molecular flexibility index (Phi) is 2.49. The summed E-state index contributed by atoms with van der Waals surface area (Å²) >= 11 is 0. The minimum absolute atomic E-state index is 1.31. The lowest BCUT2D eigenvalue weighted by atomic mass is 10.1. The second kappa shape index (κ2) is 3.78. The molecule has 0 radical (unpaired) electrons. The zero-order valence-electron chi connectivity index (χ0n) is 8.22. The van der Waals surface area contributed by atoms with E-state index in [1.807, 2.05) is 0 Å². The van der Waals surface area contributed by atoms with Crippen molar-refractivity contribution in [3.63, 3.8) is 0 Å². The van der Waals surface area contributed by atoms with E-state index in [1.165, 1.54) is 36.8 Å². The average molecular weight is 172 g/mol. The van der Waals surface area contributed by atoms with Crippen molar-refractivity contribution in [1.82, 2.24) is 0 Å². The third-order valence-electron chi connectivity index (χ3n) is 2.79. The van der Waals surface area contributed by atoms with Gasteiger partial charge in [0.15, 0.2) is 0 Å². The number of allylic oxidation sites excluding steroid dienone is 1. The summed E-state index contributed by atoms with van der Waals surface area (Å²) in [4.78, 5) is 0. The minimum Gasteiger partial charge on any atom is -0.0696 e. The summed E-state index contributed by atoms with van der Waals surface area (Å²) in [5.74, 6) is 0. The topological polar surface area (TPSA) is 0 Å². The quantitative estimate of drug-likeness (QED) is 0.601. The van der Waals surface area contributed by atoms with Crippen LogP contribution in [-0.2, 0) is 0 Å². The summed E-state index contributed by atoms with van der Waals surface area (Å²) < 4.78 is 0. The first kappa shape index (κ1) is 8.55. The summed E-state index contributed by atoms with van der Waals surface area (Å²) in [5.41, 5.74) is 4.43. The fraction of sp³-hybridized carbons (Fsp3) is 0.385. The molecular formula is C13H16. The zero-order valence-corrected chi connectivity index (χ0v) is 8.22. The molecule has 1 fully saturated rings. The molecule has 0 nitrogen and oxygen atoms in total. The third-order valence-corrected chi connectivity index (χ3v) is 2.79. The van der Waals surface area contributed by atoms with E-state index in [9.17, 15) is 0 Å². The molecule has 1 aromatic rings. The predicted molar refractivity (Wildman–Crippen MR) is 57.6 cm³/mol. The van der Waals surface area contributed by atoms with Crippen LogP contribution in [-0.4, -0.2) is 0 Å². The van der Waals surface area contributed by atoms with Gasteiger partial charge in [-0.1, -0.05) is 35.9 Å². The van der Waals surface area contributed by atoms with Crippen LogP contribution in [0.3, 0.4) is 0 Å². The van der Waals surface area contributed by atoms with Gasteiger partial charge < -0.3 is 0 Å². The summed E-state index contributed by atoms with van der Waals surface area (Å²) in [5, 5.41) is 0. The second-order valence-electron chi connectivity index (χ2n) is 3.87. The molecule has 1 saturated carbocycles. The van der Waals surface area contributed by atoms with Gasteiger partial charge in [-0.15, -0.1) is 0 Å². The average Bonchev–Trinajstić information content (AvgIpc) is 2.61. The predicted octanol–water partition coefficient (Wildman–Crippen LogP) is 3.95. The van der Waals surface area contributed by atoms with Crippen LogP contribution >= 0.6 is 0 Å². The van der Waals surface area contributed by atoms with Crippen molar-refractivity contribution >= 4 is 6.08 Å². The molecule has 0 heteroatoms. The second-order valence-corrected chi connectivity index (χ2v) is 3.87. The molecule has 0 aromatic heterocycles. The van der Waals surface area contributed by atoms with Crippen LogP contribution in [0.1, 0.15) is 36.8 Å². The van der Waals surface area contributed by atoms with Gasteiger partial charge in [0.1, 0.15) is 0 Å². The number of hydrogen-bond donors (Lipinski definition) is 0. The van der Waals surface area contributed by atoms with E-state index < -0.39 is 0 Å². The van der Waals surface area contributed by atoms with Crippen molar-refractivity contribution in [3.8, 4) is 0 Å². The minimum atomic E-state index is 1.31. The molecule has 0 spiro atoms.